The molecule has 0 bridgehead atoms. The van der Waals surface area contributed by atoms with E-state index in [1.807, 2.05) is 12.1 Å². The summed E-state index contributed by atoms with van der Waals surface area (Å²) in [5, 5.41) is 0.473. The summed E-state index contributed by atoms with van der Waals surface area (Å²) >= 11 is 7.22. The molecule has 1 amide bonds. The Hall–Kier alpha value is -2.44. The zero-order chi connectivity index (χ0) is 19.2. The molecule has 7 heteroatoms. The van der Waals surface area contributed by atoms with Gasteiger partial charge in [0.25, 0.3) is 5.91 Å². The molecule has 0 aromatic heterocycles. The molecule has 0 saturated heterocycles. The molecule has 3 aromatic carbocycles. The minimum Gasteiger partial charge on any atom is -0.275 e. The molecule has 27 heavy (non-hydrogen) atoms. The van der Waals surface area contributed by atoms with Crippen LogP contribution in [0.15, 0.2) is 76.5 Å². The van der Waals surface area contributed by atoms with Crippen LogP contribution < -0.4 is 4.90 Å². The van der Waals surface area contributed by atoms with Gasteiger partial charge in [0.05, 0.1) is 16.9 Å². The molecule has 0 spiro atoms. The fourth-order valence-electron chi connectivity index (χ4n) is 2.87. The van der Waals surface area contributed by atoms with Gasteiger partial charge in [0.2, 0.25) is 0 Å². The van der Waals surface area contributed by atoms with Gasteiger partial charge in [-0.2, -0.15) is 13.2 Å². The SMILES string of the molecule is O=C(c1ccc(Cl)cc1)N1c2ccccc2Sc2ccc(C(F)(F)F)cc21. The molecule has 0 atom stereocenters. The summed E-state index contributed by atoms with van der Waals surface area (Å²) in [5.41, 5.74) is 0.308. The zero-order valence-corrected chi connectivity index (χ0v) is 15.2. The first-order valence-corrected chi connectivity index (χ1v) is 9.12. The van der Waals surface area contributed by atoms with Crippen LogP contribution in [0.2, 0.25) is 5.02 Å². The number of fused-ring (bicyclic) bond motifs is 2. The van der Waals surface area contributed by atoms with E-state index in [4.69, 9.17) is 11.6 Å². The van der Waals surface area contributed by atoms with Crippen LogP contribution >= 0.6 is 23.4 Å². The number of hydrogen-bond acceptors (Lipinski definition) is 2. The highest BCUT2D eigenvalue weighted by atomic mass is 35.5. The van der Waals surface area contributed by atoms with E-state index in [0.717, 1.165) is 17.0 Å². The van der Waals surface area contributed by atoms with Gasteiger partial charge in [-0.3, -0.25) is 9.69 Å². The van der Waals surface area contributed by atoms with Crippen molar-refractivity contribution in [3.63, 3.8) is 0 Å². The normalized spacial score (nSPS) is 13.1. The van der Waals surface area contributed by atoms with Crippen molar-refractivity contribution in [3.05, 3.63) is 82.9 Å². The highest BCUT2D eigenvalue weighted by molar-refractivity contribution is 7.99. The lowest BCUT2D eigenvalue weighted by Gasteiger charge is -2.31. The maximum absolute atomic E-state index is 13.2. The molecule has 1 aliphatic rings. The average Bonchev–Trinajstić information content (AvgIpc) is 2.65. The summed E-state index contributed by atoms with van der Waals surface area (Å²) in [6.45, 7) is 0. The van der Waals surface area contributed by atoms with E-state index in [9.17, 15) is 18.0 Å². The third kappa shape index (κ3) is 3.31. The lowest BCUT2D eigenvalue weighted by atomic mass is 10.1. The predicted octanol–water partition coefficient (Wildman–Crippen LogP) is 6.80. The van der Waals surface area contributed by atoms with Gasteiger partial charge < -0.3 is 0 Å². The van der Waals surface area contributed by atoms with Gasteiger partial charge in [0.15, 0.2) is 0 Å². The summed E-state index contributed by atoms with van der Waals surface area (Å²) in [6.07, 6.45) is -4.49. The number of benzene rings is 3. The molecule has 2 nitrogen and oxygen atoms in total. The number of rotatable bonds is 1. The third-order valence-electron chi connectivity index (χ3n) is 4.15. The van der Waals surface area contributed by atoms with Gasteiger partial charge in [-0.15, -0.1) is 0 Å². The van der Waals surface area contributed by atoms with Crippen LogP contribution in [0.5, 0.6) is 0 Å². The Kier molecular flexibility index (Phi) is 4.40. The maximum atomic E-state index is 13.2. The predicted molar refractivity (Wildman–Crippen MR) is 99.9 cm³/mol. The largest absolute Gasteiger partial charge is 0.416 e. The van der Waals surface area contributed by atoms with Crippen LogP contribution in [-0.2, 0) is 6.18 Å². The number of anilines is 2. The molecule has 1 heterocycles. The van der Waals surface area contributed by atoms with Gasteiger partial charge in [0, 0.05) is 20.4 Å². The number of para-hydroxylation sites is 1. The number of alkyl halides is 3. The fraction of sp³-hybridized carbons (Fsp3) is 0.0500. The van der Waals surface area contributed by atoms with Crippen molar-refractivity contribution in [1.82, 2.24) is 0 Å². The van der Waals surface area contributed by atoms with E-state index in [0.29, 0.717) is 21.2 Å². The molecule has 0 N–H and O–H groups in total. The highest BCUT2D eigenvalue weighted by Crippen LogP contribution is 2.50. The number of carbonyl (C=O) groups is 1. The molecule has 0 radical (unpaired) electrons. The molecular weight excluding hydrogens is 395 g/mol. The number of hydrogen-bond donors (Lipinski definition) is 0. The van der Waals surface area contributed by atoms with Gasteiger partial charge in [-0.05, 0) is 54.6 Å². The highest BCUT2D eigenvalue weighted by Gasteiger charge is 2.35. The van der Waals surface area contributed by atoms with Gasteiger partial charge in [0.1, 0.15) is 0 Å². The second kappa shape index (κ2) is 6.62. The van der Waals surface area contributed by atoms with E-state index >= 15 is 0 Å². The fourth-order valence-corrected chi connectivity index (χ4v) is 4.04. The minimum atomic E-state index is -4.49. The molecule has 4 rings (SSSR count). The molecule has 1 aliphatic heterocycles. The lowest BCUT2D eigenvalue weighted by Crippen LogP contribution is -2.28. The smallest absolute Gasteiger partial charge is 0.275 e. The first-order valence-electron chi connectivity index (χ1n) is 7.93. The minimum absolute atomic E-state index is 0.216. The standard InChI is InChI=1S/C20H11ClF3NOS/c21-14-8-5-12(6-9-14)19(26)25-15-3-1-2-4-17(15)27-18-10-7-13(11-16(18)25)20(22,23)24/h1-11H. The summed E-state index contributed by atoms with van der Waals surface area (Å²) in [5.74, 6) is -0.417. The lowest BCUT2D eigenvalue weighted by molar-refractivity contribution is -0.137. The molecule has 3 aromatic rings. The van der Waals surface area contributed by atoms with Gasteiger partial charge in [-0.25, -0.2) is 0 Å². The van der Waals surface area contributed by atoms with Crippen molar-refractivity contribution in [1.29, 1.82) is 0 Å². The zero-order valence-electron chi connectivity index (χ0n) is 13.6. The first-order chi connectivity index (χ1) is 12.8. The van der Waals surface area contributed by atoms with Gasteiger partial charge >= 0.3 is 6.18 Å². The van der Waals surface area contributed by atoms with Crippen molar-refractivity contribution in [3.8, 4) is 0 Å². The molecule has 136 valence electrons. The Morgan fingerprint density at radius 1 is 0.889 bits per heavy atom. The van der Waals surface area contributed by atoms with Crippen LogP contribution in [0.4, 0.5) is 24.5 Å². The van der Waals surface area contributed by atoms with E-state index in [2.05, 4.69) is 0 Å². The van der Waals surface area contributed by atoms with Crippen LogP contribution in [0.1, 0.15) is 15.9 Å². The van der Waals surface area contributed by atoms with Crippen molar-refractivity contribution in [2.45, 2.75) is 16.0 Å². The number of halogens is 4. The van der Waals surface area contributed by atoms with Crippen molar-refractivity contribution < 1.29 is 18.0 Å². The average molecular weight is 406 g/mol. The Morgan fingerprint density at radius 3 is 2.26 bits per heavy atom. The molecular formula is C20H11ClF3NOS. The summed E-state index contributed by atoms with van der Waals surface area (Å²) in [4.78, 5) is 15.9. The molecule has 0 aliphatic carbocycles. The Labute approximate surface area is 162 Å². The first kappa shape index (κ1) is 17.9. The van der Waals surface area contributed by atoms with Crippen LogP contribution in [-0.4, -0.2) is 5.91 Å². The quantitative estimate of drug-likeness (QED) is 0.443. The Bertz CT molecular complexity index is 1030. The Balaban J connectivity index is 1.89. The number of amides is 1. The maximum Gasteiger partial charge on any atom is 0.416 e. The third-order valence-corrected chi connectivity index (χ3v) is 5.53. The summed E-state index contributed by atoms with van der Waals surface area (Å²) in [6, 6.07) is 16.9. The molecule has 0 saturated carbocycles. The monoisotopic (exact) mass is 405 g/mol. The van der Waals surface area contributed by atoms with E-state index in [1.54, 1.807) is 36.4 Å². The van der Waals surface area contributed by atoms with Crippen LogP contribution in [0.3, 0.4) is 0 Å². The summed E-state index contributed by atoms with van der Waals surface area (Å²) < 4.78 is 39.7. The Morgan fingerprint density at radius 2 is 1.56 bits per heavy atom. The van der Waals surface area contributed by atoms with Crippen molar-refractivity contribution in [2.24, 2.45) is 0 Å². The van der Waals surface area contributed by atoms with E-state index in [1.165, 1.54) is 22.7 Å². The second-order valence-corrected chi connectivity index (χ2v) is 7.42. The van der Waals surface area contributed by atoms with E-state index in [-0.39, 0.29) is 5.69 Å². The molecule has 0 fully saturated rings. The number of nitrogens with zero attached hydrogens (tertiary/aromatic N) is 1. The van der Waals surface area contributed by atoms with Gasteiger partial charge in [-0.1, -0.05) is 35.5 Å². The second-order valence-electron chi connectivity index (χ2n) is 5.90. The van der Waals surface area contributed by atoms with Crippen molar-refractivity contribution in [2.75, 3.05) is 4.90 Å². The summed E-state index contributed by atoms with van der Waals surface area (Å²) in [7, 11) is 0. The van der Waals surface area contributed by atoms with Crippen molar-refractivity contribution >= 4 is 40.6 Å². The van der Waals surface area contributed by atoms with E-state index < -0.39 is 17.6 Å². The van der Waals surface area contributed by atoms with Crippen LogP contribution in [0.25, 0.3) is 0 Å². The van der Waals surface area contributed by atoms with Crippen LogP contribution in [0, 0.1) is 0 Å². The molecule has 0 unspecified atom stereocenters. The topological polar surface area (TPSA) is 20.3 Å². The number of carbonyl (C=O) groups excluding carboxylic acids is 1.